The summed E-state index contributed by atoms with van der Waals surface area (Å²) < 4.78 is 0. The van der Waals surface area contributed by atoms with Crippen LogP contribution in [0.15, 0.2) is 60.2 Å². The normalized spacial score (nSPS) is 20.1. The van der Waals surface area contributed by atoms with Crippen LogP contribution in [0, 0.1) is 18.8 Å². The third-order valence-corrected chi connectivity index (χ3v) is 6.38. The molecule has 4 rings (SSSR count). The van der Waals surface area contributed by atoms with E-state index in [0.717, 1.165) is 21.2 Å². The summed E-state index contributed by atoms with van der Waals surface area (Å²) in [6.07, 6.45) is 2.86. The maximum absolute atomic E-state index is 13.5. The second kappa shape index (κ2) is 8.71. The van der Waals surface area contributed by atoms with Crippen LogP contribution in [0.1, 0.15) is 46.0 Å². The summed E-state index contributed by atoms with van der Waals surface area (Å²) in [7, 11) is 0. The smallest absolute Gasteiger partial charge is 0.274 e. The fraction of sp³-hybridized carbons (Fsp3) is 0.280. The molecule has 1 saturated heterocycles. The average Bonchev–Trinajstić information content (AvgIpc) is 3.01. The van der Waals surface area contributed by atoms with Crippen molar-refractivity contribution in [2.75, 3.05) is 6.54 Å². The van der Waals surface area contributed by atoms with E-state index in [1.54, 1.807) is 42.5 Å². The number of allylic oxidation sites excluding steroid dienone is 2. The summed E-state index contributed by atoms with van der Waals surface area (Å²) >= 11 is 6.23. The molecule has 7 heteroatoms. The second-order valence-electron chi connectivity index (χ2n) is 8.32. The van der Waals surface area contributed by atoms with Gasteiger partial charge in [-0.05, 0) is 38.8 Å². The molecular formula is C25H23ClN2O4. The van der Waals surface area contributed by atoms with Gasteiger partial charge in [0.15, 0.2) is 5.78 Å². The highest BCUT2D eigenvalue weighted by atomic mass is 35.5. The van der Waals surface area contributed by atoms with Crippen molar-refractivity contribution < 1.29 is 19.2 Å². The third-order valence-electron chi connectivity index (χ3n) is 6.05. The number of hydrogen-bond acceptors (Lipinski definition) is 4. The molecule has 0 unspecified atom stereocenters. The van der Waals surface area contributed by atoms with Gasteiger partial charge >= 0.3 is 0 Å². The number of Topliss-reactive ketones (excluding diaryl/α,β-unsaturated/α-hetero) is 1. The van der Waals surface area contributed by atoms with Crippen LogP contribution in [0.4, 0.5) is 0 Å². The number of fused-ring (bicyclic) bond motifs is 1. The van der Waals surface area contributed by atoms with Crippen molar-refractivity contribution in [3.8, 4) is 0 Å². The highest BCUT2D eigenvalue weighted by Gasteiger charge is 2.51. The number of benzene rings is 2. The molecule has 0 aromatic heterocycles. The number of halogens is 1. The van der Waals surface area contributed by atoms with Crippen molar-refractivity contribution in [1.82, 2.24) is 10.0 Å². The van der Waals surface area contributed by atoms with E-state index in [9.17, 15) is 19.2 Å². The first-order valence-corrected chi connectivity index (χ1v) is 10.9. The van der Waals surface area contributed by atoms with E-state index in [2.05, 4.69) is 0 Å². The van der Waals surface area contributed by atoms with Gasteiger partial charge in [-0.2, -0.15) is 5.01 Å². The van der Waals surface area contributed by atoms with Crippen LogP contribution in [-0.2, 0) is 9.59 Å². The molecule has 1 fully saturated rings. The molecular weight excluding hydrogens is 428 g/mol. The molecule has 1 aliphatic carbocycles. The Bertz CT molecular complexity index is 1140. The summed E-state index contributed by atoms with van der Waals surface area (Å²) in [5.41, 5.74) is 2.54. The lowest BCUT2D eigenvalue weighted by Crippen LogP contribution is -2.52. The van der Waals surface area contributed by atoms with Crippen LogP contribution in [0.25, 0.3) is 0 Å². The lowest BCUT2D eigenvalue weighted by atomic mass is 9.82. The summed E-state index contributed by atoms with van der Waals surface area (Å²) in [6.45, 7) is 3.38. The van der Waals surface area contributed by atoms with Crippen LogP contribution in [-0.4, -0.2) is 40.1 Å². The molecule has 0 radical (unpaired) electrons. The van der Waals surface area contributed by atoms with E-state index in [1.165, 1.54) is 6.07 Å². The number of nitrogens with zero attached hydrogens (tertiary/aromatic N) is 2. The predicted molar refractivity (Wildman–Crippen MR) is 120 cm³/mol. The maximum atomic E-state index is 13.5. The van der Waals surface area contributed by atoms with Crippen LogP contribution < -0.4 is 0 Å². The van der Waals surface area contributed by atoms with Gasteiger partial charge in [-0.3, -0.25) is 19.2 Å². The number of aryl methyl sites for hydroxylation is 1. The molecule has 0 spiro atoms. The van der Waals surface area contributed by atoms with Gasteiger partial charge in [0.25, 0.3) is 17.7 Å². The van der Waals surface area contributed by atoms with Crippen LogP contribution in [0.5, 0.6) is 0 Å². The Morgan fingerprint density at radius 2 is 1.66 bits per heavy atom. The molecule has 2 atom stereocenters. The largest absolute Gasteiger partial charge is 0.292 e. The Morgan fingerprint density at radius 3 is 2.34 bits per heavy atom. The first-order valence-electron chi connectivity index (χ1n) is 10.5. The number of carbonyl (C=O) groups is 4. The molecule has 0 saturated carbocycles. The van der Waals surface area contributed by atoms with Gasteiger partial charge in [0.05, 0.1) is 22.4 Å². The fourth-order valence-corrected chi connectivity index (χ4v) is 4.45. The Kier molecular flexibility index (Phi) is 5.98. The predicted octanol–water partition coefficient (Wildman–Crippen LogP) is 4.23. The molecule has 1 heterocycles. The van der Waals surface area contributed by atoms with Crippen molar-refractivity contribution in [2.24, 2.45) is 11.8 Å². The second-order valence-corrected chi connectivity index (χ2v) is 8.73. The standard InChI is InChI=1S/C25H23ClN2O4/c1-15-7-10-17(11-8-15)22(29)14-27(23(30)19-5-3-4-6-21(19)26)28-24(31)18-12-9-16(2)13-20(18)25(28)32/h3-11,18,20H,12-14H2,1-2H3/t18-,20+/m0/s1. The van der Waals surface area contributed by atoms with Gasteiger partial charge in [0.1, 0.15) is 6.54 Å². The highest BCUT2D eigenvalue weighted by molar-refractivity contribution is 6.34. The Hall–Kier alpha value is -3.25. The van der Waals surface area contributed by atoms with Gasteiger partial charge in [0.2, 0.25) is 0 Å². The van der Waals surface area contributed by atoms with Crippen molar-refractivity contribution in [2.45, 2.75) is 26.7 Å². The van der Waals surface area contributed by atoms with E-state index in [-0.39, 0.29) is 16.4 Å². The molecule has 2 aliphatic rings. The maximum Gasteiger partial charge on any atom is 0.274 e. The zero-order chi connectivity index (χ0) is 23.0. The number of ketones is 1. The van der Waals surface area contributed by atoms with Crippen molar-refractivity contribution in [1.29, 1.82) is 0 Å². The quantitative estimate of drug-likeness (QED) is 0.388. The van der Waals surface area contributed by atoms with E-state index in [1.807, 2.05) is 19.9 Å². The zero-order valence-electron chi connectivity index (χ0n) is 17.9. The molecule has 2 aromatic carbocycles. The van der Waals surface area contributed by atoms with Crippen molar-refractivity contribution >= 4 is 35.1 Å². The average molecular weight is 451 g/mol. The minimum Gasteiger partial charge on any atom is -0.292 e. The molecule has 3 amide bonds. The molecule has 164 valence electrons. The molecule has 0 N–H and O–H groups in total. The number of carbonyl (C=O) groups excluding carboxylic acids is 4. The number of hydrazine groups is 1. The van der Waals surface area contributed by atoms with E-state index >= 15 is 0 Å². The molecule has 32 heavy (non-hydrogen) atoms. The first-order chi connectivity index (χ1) is 15.3. The number of amides is 3. The molecule has 2 aromatic rings. The lowest BCUT2D eigenvalue weighted by molar-refractivity contribution is -0.154. The van der Waals surface area contributed by atoms with E-state index < -0.39 is 36.1 Å². The van der Waals surface area contributed by atoms with E-state index in [0.29, 0.717) is 18.4 Å². The van der Waals surface area contributed by atoms with Crippen molar-refractivity contribution in [3.63, 3.8) is 0 Å². The highest BCUT2D eigenvalue weighted by Crippen LogP contribution is 2.38. The van der Waals surface area contributed by atoms with Crippen LogP contribution in [0.3, 0.4) is 0 Å². The first kappa shape index (κ1) is 22.0. The summed E-state index contributed by atoms with van der Waals surface area (Å²) in [5, 5.41) is 2.01. The van der Waals surface area contributed by atoms with Gasteiger partial charge in [0, 0.05) is 5.56 Å². The van der Waals surface area contributed by atoms with Gasteiger partial charge in [-0.25, -0.2) is 5.01 Å². The van der Waals surface area contributed by atoms with Crippen LogP contribution in [0.2, 0.25) is 5.02 Å². The molecule has 0 bridgehead atoms. The van der Waals surface area contributed by atoms with Gasteiger partial charge in [-0.1, -0.05) is 65.2 Å². The lowest BCUT2D eigenvalue weighted by Gasteiger charge is -2.30. The fourth-order valence-electron chi connectivity index (χ4n) is 4.23. The number of imide groups is 1. The third kappa shape index (κ3) is 3.98. The summed E-state index contributed by atoms with van der Waals surface area (Å²) in [4.78, 5) is 53.0. The van der Waals surface area contributed by atoms with E-state index in [4.69, 9.17) is 11.6 Å². The van der Waals surface area contributed by atoms with Crippen molar-refractivity contribution in [3.05, 3.63) is 81.9 Å². The van der Waals surface area contributed by atoms with Gasteiger partial charge in [-0.15, -0.1) is 0 Å². The monoisotopic (exact) mass is 450 g/mol. The number of rotatable bonds is 5. The molecule has 1 aliphatic heterocycles. The number of hydrogen-bond donors (Lipinski definition) is 0. The van der Waals surface area contributed by atoms with Crippen LogP contribution >= 0.6 is 11.6 Å². The Labute approximate surface area is 191 Å². The van der Waals surface area contributed by atoms with Gasteiger partial charge < -0.3 is 0 Å². The molecule has 6 nitrogen and oxygen atoms in total. The minimum atomic E-state index is -0.666. The minimum absolute atomic E-state index is 0.121. The SMILES string of the molecule is CC1=CC[C@@H]2C(=O)N(N(CC(=O)c3ccc(C)cc3)C(=O)c3ccccc3Cl)C(=O)[C@@H]2C1. The topological polar surface area (TPSA) is 74.8 Å². The summed E-state index contributed by atoms with van der Waals surface area (Å²) in [6, 6.07) is 13.3. The summed E-state index contributed by atoms with van der Waals surface area (Å²) in [5.74, 6) is -3.01. The Morgan fingerprint density at radius 1 is 1.00 bits per heavy atom. The Balaban J connectivity index is 1.71. The zero-order valence-corrected chi connectivity index (χ0v) is 18.6.